The molecular formula is C14H28N4O5. The summed E-state index contributed by atoms with van der Waals surface area (Å²) >= 11 is 0. The maximum absolute atomic E-state index is 11.6. The summed E-state index contributed by atoms with van der Waals surface area (Å²) in [7, 11) is 0. The van der Waals surface area contributed by atoms with E-state index in [1.165, 1.54) is 4.90 Å². The van der Waals surface area contributed by atoms with Gasteiger partial charge >= 0.3 is 12.1 Å². The highest BCUT2D eigenvalue weighted by molar-refractivity contribution is 5.73. The lowest BCUT2D eigenvalue weighted by molar-refractivity contribution is 0.0524. The zero-order chi connectivity index (χ0) is 16.9. The van der Waals surface area contributed by atoms with Gasteiger partial charge in [0, 0.05) is 32.7 Å². The normalized spacial score (nSPS) is 15.4. The maximum atomic E-state index is 11.6. The number of hydrogen-bond acceptors (Lipinski definition) is 5. The van der Waals surface area contributed by atoms with E-state index in [0.717, 1.165) is 12.8 Å². The van der Waals surface area contributed by atoms with Gasteiger partial charge < -0.3 is 35.8 Å². The first-order valence-corrected chi connectivity index (χ1v) is 7.98. The first-order chi connectivity index (χ1) is 11.1. The minimum absolute atomic E-state index is 0.228. The zero-order valence-corrected chi connectivity index (χ0v) is 13.5. The van der Waals surface area contributed by atoms with Crippen LogP contribution in [0.3, 0.4) is 0 Å². The number of carbonyl (C=O) groups is 2. The Morgan fingerprint density at radius 1 is 1.09 bits per heavy atom. The molecule has 0 aromatic rings. The Labute approximate surface area is 136 Å². The Kier molecular flexibility index (Phi) is 10.1. The monoisotopic (exact) mass is 332 g/mol. The number of urea groups is 1. The second-order valence-corrected chi connectivity index (χ2v) is 5.36. The molecule has 0 bridgehead atoms. The van der Waals surface area contributed by atoms with Crippen molar-refractivity contribution in [1.82, 2.24) is 15.5 Å². The fourth-order valence-electron chi connectivity index (χ4n) is 2.27. The number of piperidine rings is 1. The lowest BCUT2D eigenvalue weighted by Gasteiger charge is -2.29. The van der Waals surface area contributed by atoms with E-state index in [1.807, 2.05) is 0 Å². The molecule has 5 N–H and O–H groups in total. The average Bonchev–Trinajstić information content (AvgIpc) is 2.55. The number of ether oxygens (including phenoxy) is 2. The number of rotatable bonds is 10. The lowest BCUT2D eigenvalue weighted by Crippen LogP contribution is -2.43. The number of nitrogens with zero attached hydrogens (tertiary/aromatic N) is 1. The van der Waals surface area contributed by atoms with Gasteiger partial charge in [-0.05, 0) is 18.8 Å². The van der Waals surface area contributed by atoms with E-state index in [1.54, 1.807) is 0 Å². The summed E-state index contributed by atoms with van der Waals surface area (Å²) in [5.74, 6) is 0.326. The fraction of sp³-hybridized carbons (Fsp3) is 0.857. The molecule has 0 radical (unpaired) electrons. The molecule has 3 amide bonds. The standard InChI is InChI=1S/C14H28N4O5/c15-3-7-22-9-10-23-8-4-16-13(19)17-11-12-1-5-18(6-2-12)14(20)21/h12H,1-11,15H2,(H,20,21)(H2,16,17,19). The van der Waals surface area contributed by atoms with E-state index in [9.17, 15) is 9.59 Å². The number of nitrogens with two attached hydrogens (primary N) is 1. The molecule has 1 fully saturated rings. The first-order valence-electron chi connectivity index (χ1n) is 7.98. The largest absolute Gasteiger partial charge is 0.465 e. The highest BCUT2D eigenvalue weighted by Gasteiger charge is 2.22. The molecule has 0 unspecified atom stereocenters. The fourth-order valence-corrected chi connectivity index (χ4v) is 2.27. The van der Waals surface area contributed by atoms with E-state index < -0.39 is 6.09 Å². The Bertz CT molecular complexity index is 348. The van der Waals surface area contributed by atoms with E-state index in [0.29, 0.717) is 65.1 Å². The number of hydrogen-bond donors (Lipinski definition) is 4. The molecule has 0 spiro atoms. The predicted octanol–water partition coefficient (Wildman–Crippen LogP) is -0.332. The van der Waals surface area contributed by atoms with Crippen LogP contribution < -0.4 is 16.4 Å². The van der Waals surface area contributed by atoms with Crippen LogP contribution in [0, 0.1) is 5.92 Å². The molecule has 0 aromatic carbocycles. The van der Waals surface area contributed by atoms with Gasteiger partial charge in [-0.3, -0.25) is 0 Å². The van der Waals surface area contributed by atoms with Crippen molar-refractivity contribution in [3.05, 3.63) is 0 Å². The van der Waals surface area contributed by atoms with Gasteiger partial charge in [-0.25, -0.2) is 9.59 Å². The summed E-state index contributed by atoms with van der Waals surface area (Å²) in [6.45, 7) is 4.48. The third-order valence-electron chi connectivity index (χ3n) is 3.60. The topological polar surface area (TPSA) is 126 Å². The molecule has 1 rings (SSSR count). The number of amides is 3. The van der Waals surface area contributed by atoms with Gasteiger partial charge in [-0.1, -0.05) is 0 Å². The molecule has 134 valence electrons. The van der Waals surface area contributed by atoms with E-state index in [2.05, 4.69) is 10.6 Å². The van der Waals surface area contributed by atoms with Gasteiger partial charge in [0.25, 0.3) is 0 Å². The molecule has 0 atom stereocenters. The Balaban J connectivity index is 1.94. The summed E-state index contributed by atoms with van der Waals surface area (Å²) < 4.78 is 10.4. The van der Waals surface area contributed by atoms with Crippen molar-refractivity contribution in [1.29, 1.82) is 0 Å². The third kappa shape index (κ3) is 9.22. The summed E-state index contributed by atoms with van der Waals surface area (Å²) in [6, 6.07) is -0.228. The highest BCUT2D eigenvalue weighted by Crippen LogP contribution is 2.16. The van der Waals surface area contributed by atoms with Crippen molar-refractivity contribution in [2.45, 2.75) is 12.8 Å². The third-order valence-corrected chi connectivity index (χ3v) is 3.60. The van der Waals surface area contributed by atoms with Crippen molar-refractivity contribution in [2.24, 2.45) is 11.7 Å². The van der Waals surface area contributed by atoms with Gasteiger partial charge in [0.1, 0.15) is 0 Å². The van der Waals surface area contributed by atoms with Crippen molar-refractivity contribution >= 4 is 12.1 Å². The van der Waals surface area contributed by atoms with Crippen LogP contribution in [0.5, 0.6) is 0 Å². The van der Waals surface area contributed by atoms with Crippen LogP contribution in [0.1, 0.15) is 12.8 Å². The molecule has 1 aliphatic heterocycles. The quantitative estimate of drug-likeness (QED) is 0.406. The SMILES string of the molecule is NCCOCCOCCNC(=O)NCC1CCN(C(=O)O)CC1. The lowest BCUT2D eigenvalue weighted by atomic mass is 9.97. The Hall–Kier alpha value is -1.58. The van der Waals surface area contributed by atoms with Crippen molar-refractivity contribution in [3.8, 4) is 0 Å². The van der Waals surface area contributed by atoms with Crippen LogP contribution in [0.2, 0.25) is 0 Å². The number of carboxylic acid groups (broad SMARTS) is 1. The summed E-state index contributed by atoms with van der Waals surface area (Å²) in [5.41, 5.74) is 5.28. The van der Waals surface area contributed by atoms with Gasteiger partial charge in [0.05, 0.1) is 26.4 Å². The van der Waals surface area contributed by atoms with Gasteiger partial charge in [-0.15, -0.1) is 0 Å². The van der Waals surface area contributed by atoms with Crippen LogP contribution in [-0.4, -0.2) is 81.3 Å². The Morgan fingerprint density at radius 3 is 2.35 bits per heavy atom. The molecule has 9 heteroatoms. The smallest absolute Gasteiger partial charge is 0.407 e. The van der Waals surface area contributed by atoms with Crippen molar-refractivity contribution in [3.63, 3.8) is 0 Å². The Morgan fingerprint density at radius 2 is 1.74 bits per heavy atom. The molecule has 0 aromatic heterocycles. The van der Waals surface area contributed by atoms with Crippen molar-refractivity contribution in [2.75, 3.05) is 59.2 Å². The highest BCUT2D eigenvalue weighted by atomic mass is 16.5. The summed E-state index contributed by atoms with van der Waals surface area (Å²) in [4.78, 5) is 23.8. The number of nitrogens with one attached hydrogen (secondary N) is 2. The average molecular weight is 332 g/mol. The van der Waals surface area contributed by atoms with E-state index >= 15 is 0 Å². The van der Waals surface area contributed by atoms with E-state index in [-0.39, 0.29) is 6.03 Å². The van der Waals surface area contributed by atoms with Crippen LogP contribution in [-0.2, 0) is 9.47 Å². The van der Waals surface area contributed by atoms with Crippen LogP contribution in [0.4, 0.5) is 9.59 Å². The molecule has 9 nitrogen and oxygen atoms in total. The van der Waals surface area contributed by atoms with Crippen molar-refractivity contribution < 1.29 is 24.2 Å². The molecule has 1 aliphatic rings. The zero-order valence-electron chi connectivity index (χ0n) is 13.5. The minimum atomic E-state index is -0.873. The summed E-state index contributed by atoms with van der Waals surface area (Å²) in [6.07, 6.45) is 0.680. The van der Waals surface area contributed by atoms with Crippen LogP contribution in [0.15, 0.2) is 0 Å². The molecule has 0 saturated carbocycles. The molecule has 1 heterocycles. The summed E-state index contributed by atoms with van der Waals surface area (Å²) in [5, 5.41) is 14.4. The second kappa shape index (κ2) is 11.9. The number of likely N-dealkylation sites (tertiary alicyclic amines) is 1. The molecule has 23 heavy (non-hydrogen) atoms. The maximum Gasteiger partial charge on any atom is 0.407 e. The van der Waals surface area contributed by atoms with Gasteiger partial charge in [0.2, 0.25) is 0 Å². The second-order valence-electron chi connectivity index (χ2n) is 5.36. The number of carbonyl (C=O) groups excluding carboxylic acids is 1. The van der Waals surface area contributed by atoms with E-state index in [4.69, 9.17) is 20.3 Å². The molecular weight excluding hydrogens is 304 g/mol. The van der Waals surface area contributed by atoms with Gasteiger partial charge in [-0.2, -0.15) is 0 Å². The predicted molar refractivity (Wildman–Crippen MR) is 84.4 cm³/mol. The minimum Gasteiger partial charge on any atom is -0.465 e. The van der Waals surface area contributed by atoms with Crippen LogP contribution >= 0.6 is 0 Å². The van der Waals surface area contributed by atoms with Gasteiger partial charge in [0.15, 0.2) is 0 Å². The molecule has 1 saturated heterocycles. The molecule has 0 aliphatic carbocycles. The first kappa shape index (κ1) is 19.5. The van der Waals surface area contributed by atoms with Crippen LogP contribution in [0.25, 0.3) is 0 Å².